The van der Waals surface area contributed by atoms with E-state index in [1.54, 1.807) is 12.1 Å². The number of ketones is 1. The Hall–Kier alpha value is -3.14. The van der Waals surface area contributed by atoms with E-state index in [0.29, 0.717) is 17.0 Å². The van der Waals surface area contributed by atoms with Crippen molar-refractivity contribution in [3.05, 3.63) is 71.7 Å². The Balaban J connectivity index is 1.81. The van der Waals surface area contributed by atoms with E-state index in [2.05, 4.69) is 10.6 Å². The summed E-state index contributed by atoms with van der Waals surface area (Å²) < 4.78 is 7.50. The van der Waals surface area contributed by atoms with Crippen molar-refractivity contribution in [3.8, 4) is 0 Å². The van der Waals surface area contributed by atoms with Gasteiger partial charge in [-0.05, 0) is 30.3 Å². The lowest BCUT2D eigenvalue weighted by Crippen LogP contribution is -2.13. The zero-order valence-electron chi connectivity index (χ0n) is 12.9. The zero-order chi connectivity index (χ0) is 16.3. The van der Waals surface area contributed by atoms with E-state index < -0.39 is 0 Å². The molecular formula is C20H14N2O2. The van der Waals surface area contributed by atoms with Gasteiger partial charge in [0.1, 0.15) is 0 Å². The third-order valence-electron chi connectivity index (χ3n) is 4.80. The maximum atomic E-state index is 12.6. The van der Waals surface area contributed by atoms with E-state index in [9.17, 15) is 4.79 Å². The van der Waals surface area contributed by atoms with E-state index >= 15 is 0 Å². The number of carbonyl (C=O) groups is 1. The first-order valence-corrected chi connectivity index (χ1v) is 7.95. The van der Waals surface area contributed by atoms with Crippen LogP contribution in [0.2, 0.25) is 0 Å². The second kappa shape index (κ2) is 4.68. The first-order chi connectivity index (χ1) is 11.7. The first kappa shape index (κ1) is 13.3. The molecule has 0 fully saturated rings. The number of hydrogen-bond donors (Lipinski definition) is 1. The van der Waals surface area contributed by atoms with Crippen LogP contribution in [0, 0.1) is 5.41 Å². The van der Waals surface area contributed by atoms with Crippen molar-refractivity contribution in [1.29, 1.82) is 5.41 Å². The number of nitrogens with one attached hydrogen (secondary N) is 1. The average molecular weight is 314 g/mol. The Labute approximate surface area is 137 Å². The van der Waals surface area contributed by atoms with Crippen LogP contribution in [0.5, 0.6) is 0 Å². The fourth-order valence-electron chi connectivity index (χ4n) is 3.68. The molecule has 1 aliphatic heterocycles. The van der Waals surface area contributed by atoms with Crippen LogP contribution in [0.1, 0.15) is 28.1 Å². The van der Waals surface area contributed by atoms with E-state index in [-0.39, 0.29) is 5.78 Å². The second-order valence-corrected chi connectivity index (χ2v) is 6.12. The van der Waals surface area contributed by atoms with Crippen LogP contribution >= 0.6 is 0 Å². The molecule has 5 rings (SSSR count). The monoisotopic (exact) mass is 314 g/mol. The van der Waals surface area contributed by atoms with Gasteiger partial charge in [-0.3, -0.25) is 4.79 Å². The maximum absolute atomic E-state index is 12.6. The summed E-state index contributed by atoms with van der Waals surface area (Å²) in [5, 5.41) is 10.4. The summed E-state index contributed by atoms with van der Waals surface area (Å²) in [7, 11) is 0. The number of nitrogens with zero attached hydrogens (tertiary/aromatic N) is 1. The summed E-state index contributed by atoms with van der Waals surface area (Å²) in [6.45, 7) is 0.807. The van der Waals surface area contributed by atoms with Crippen LogP contribution in [0.3, 0.4) is 0 Å². The van der Waals surface area contributed by atoms with Gasteiger partial charge in [-0.2, -0.15) is 0 Å². The summed E-state index contributed by atoms with van der Waals surface area (Å²) in [5.74, 6) is 0.242. The summed E-state index contributed by atoms with van der Waals surface area (Å²) in [6.07, 6.45) is 2.25. The van der Waals surface area contributed by atoms with Gasteiger partial charge in [-0.1, -0.05) is 18.2 Å². The molecule has 1 N–H and O–H groups in total. The van der Waals surface area contributed by atoms with E-state index in [1.807, 2.05) is 30.3 Å². The highest BCUT2D eigenvalue weighted by Gasteiger charge is 2.21. The number of para-hydroxylation sites is 1. The SMILES string of the molecule is N=C1CCn2c3ccc(C(=O)c4ccco4)cc3c3cccc1c32. The van der Waals surface area contributed by atoms with Crippen LogP contribution in [0.15, 0.2) is 59.2 Å². The molecule has 24 heavy (non-hydrogen) atoms. The molecule has 4 aromatic rings. The Morgan fingerprint density at radius 3 is 2.83 bits per heavy atom. The summed E-state index contributed by atoms with van der Waals surface area (Å²) >= 11 is 0. The minimum atomic E-state index is -0.110. The molecule has 0 spiro atoms. The van der Waals surface area contributed by atoms with Crippen molar-refractivity contribution in [3.63, 3.8) is 0 Å². The van der Waals surface area contributed by atoms with Crippen molar-refractivity contribution in [2.45, 2.75) is 13.0 Å². The Bertz CT molecular complexity index is 1130. The van der Waals surface area contributed by atoms with E-state index in [0.717, 1.165) is 40.3 Å². The highest BCUT2D eigenvalue weighted by atomic mass is 16.3. The van der Waals surface area contributed by atoms with Crippen LogP contribution < -0.4 is 0 Å². The van der Waals surface area contributed by atoms with Gasteiger partial charge in [0, 0.05) is 46.1 Å². The molecule has 0 unspecified atom stereocenters. The lowest BCUT2D eigenvalue weighted by molar-refractivity contribution is 0.101. The molecular weight excluding hydrogens is 300 g/mol. The van der Waals surface area contributed by atoms with Gasteiger partial charge >= 0.3 is 0 Å². The number of aromatic nitrogens is 1. The van der Waals surface area contributed by atoms with Crippen molar-refractivity contribution in [2.24, 2.45) is 0 Å². The highest BCUT2D eigenvalue weighted by molar-refractivity contribution is 6.19. The predicted molar refractivity (Wildman–Crippen MR) is 93.0 cm³/mol. The van der Waals surface area contributed by atoms with Gasteiger partial charge < -0.3 is 14.4 Å². The molecule has 2 aromatic heterocycles. The van der Waals surface area contributed by atoms with Crippen LogP contribution in [0.25, 0.3) is 21.8 Å². The van der Waals surface area contributed by atoms with Gasteiger partial charge in [-0.15, -0.1) is 0 Å². The normalized spacial score (nSPS) is 13.8. The maximum Gasteiger partial charge on any atom is 0.228 e. The number of carbonyl (C=O) groups excluding carboxylic acids is 1. The van der Waals surface area contributed by atoms with Crippen molar-refractivity contribution >= 4 is 33.3 Å². The number of fused-ring (bicyclic) bond motifs is 3. The highest BCUT2D eigenvalue weighted by Crippen LogP contribution is 2.35. The van der Waals surface area contributed by atoms with Gasteiger partial charge in [0.15, 0.2) is 5.76 Å². The predicted octanol–water partition coefficient (Wildman–Crippen LogP) is 4.39. The largest absolute Gasteiger partial charge is 0.461 e. The van der Waals surface area contributed by atoms with Gasteiger partial charge in [-0.25, -0.2) is 0 Å². The van der Waals surface area contributed by atoms with Gasteiger partial charge in [0.05, 0.1) is 11.8 Å². The summed E-state index contributed by atoms with van der Waals surface area (Å²) in [6, 6.07) is 15.3. The molecule has 0 atom stereocenters. The third-order valence-corrected chi connectivity index (χ3v) is 4.80. The number of aryl methyl sites for hydroxylation is 1. The van der Waals surface area contributed by atoms with Crippen LogP contribution in [-0.4, -0.2) is 16.1 Å². The van der Waals surface area contributed by atoms with Crippen molar-refractivity contribution < 1.29 is 9.21 Å². The molecule has 0 bridgehead atoms. The molecule has 2 aromatic carbocycles. The molecule has 3 heterocycles. The fraction of sp³-hybridized carbons (Fsp3) is 0.100. The third kappa shape index (κ3) is 1.68. The Morgan fingerprint density at radius 2 is 2.00 bits per heavy atom. The average Bonchev–Trinajstić information content (AvgIpc) is 3.25. The Morgan fingerprint density at radius 1 is 1.08 bits per heavy atom. The molecule has 0 radical (unpaired) electrons. The lowest BCUT2D eigenvalue weighted by Gasteiger charge is -2.17. The summed E-state index contributed by atoms with van der Waals surface area (Å²) in [4.78, 5) is 12.6. The molecule has 1 aliphatic rings. The molecule has 4 heteroatoms. The topological polar surface area (TPSA) is 59.0 Å². The lowest BCUT2D eigenvalue weighted by atomic mass is 10.0. The smallest absolute Gasteiger partial charge is 0.228 e. The van der Waals surface area contributed by atoms with Gasteiger partial charge in [0.25, 0.3) is 0 Å². The standard InChI is InChI=1S/C20H14N2O2/c21-16-8-9-22-17-7-6-12(20(23)18-5-2-10-24-18)11-15(17)13-3-1-4-14(16)19(13)22/h1-7,10-11,21H,8-9H2. The first-order valence-electron chi connectivity index (χ1n) is 7.95. The van der Waals surface area contributed by atoms with Crippen LogP contribution in [0.4, 0.5) is 0 Å². The fourth-order valence-corrected chi connectivity index (χ4v) is 3.68. The van der Waals surface area contributed by atoms with Crippen molar-refractivity contribution in [1.82, 2.24) is 4.57 Å². The molecule has 0 saturated carbocycles. The molecule has 0 amide bonds. The number of furan rings is 1. The second-order valence-electron chi connectivity index (χ2n) is 6.12. The van der Waals surface area contributed by atoms with E-state index in [4.69, 9.17) is 9.83 Å². The molecule has 4 nitrogen and oxygen atoms in total. The molecule has 0 aliphatic carbocycles. The summed E-state index contributed by atoms with van der Waals surface area (Å²) in [5.41, 5.74) is 4.51. The molecule has 0 saturated heterocycles. The number of hydrogen-bond acceptors (Lipinski definition) is 3. The Kier molecular flexibility index (Phi) is 2.59. The minimum absolute atomic E-state index is 0.110. The molecule has 116 valence electrons. The van der Waals surface area contributed by atoms with Crippen molar-refractivity contribution in [2.75, 3.05) is 0 Å². The number of rotatable bonds is 2. The number of benzene rings is 2. The zero-order valence-corrected chi connectivity index (χ0v) is 12.9. The van der Waals surface area contributed by atoms with Gasteiger partial charge in [0.2, 0.25) is 5.78 Å². The quantitative estimate of drug-likeness (QED) is 0.558. The van der Waals surface area contributed by atoms with E-state index in [1.165, 1.54) is 6.26 Å². The minimum Gasteiger partial charge on any atom is -0.461 e. The van der Waals surface area contributed by atoms with Crippen LogP contribution in [-0.2, 0) is 6.54 Å².